The minimum absolute atomic E-state index is 0.295. The van der Waals surface area contributed by atoms with Gasteiger partial charge >= 0.3 is 0 Å². The van der Waals surface area contributed by atoms with Crippen molar-refractivity contribution < 1.29 is 9.15 Å². The molecule has 2 heterocycles. The molecular weight excluding hydrogens is 256 g/mol. The van der Waals surface area contributed by atoms with Crippen LogP contribution in [0.15, 0.2) is 22.9 Å². The summed E-state index contributed by atoms with van der Waals surface area (Å²) in [6.45, 7) is 2.69. The molecule has 0 aliphatic rings. The number of aromatic nitrogens is 2. The highest BCUT2D eigenvalue weighted by atomic mass is 35.5. The number of ether oxygens (including phenoxy) is 1. The number of nitrogens with one attached hydrogen (secondary N) is 1. The first-order valence-electron chi connectivity index (χ1n) is 5.51. The number of hydrogen-bond donors (Lipinski definition) is 2. The Balaban J connectivity index is 2.50. The van der Waals surface area contributed by atoms with Gasteiger partial charge in [0.2, 0.25) is 0 Å². The molecule has 3 N–H and O–H groups in total. The van der Waals surface area contributed by atoms with Crippen molar-refractivity contribution in [1.82, 2.24) is 15.2 Å². The summed E-state index contributed by atoms with van der Waals surface area (Å²) in [7, 11) is 1.59. The molecule has 98 valence electrons. The lowest BCUT2D eigenvalue weighted by Gasteiger charge is -2.17. The van der Waals surface area contributed by atoms with Crippen LogP contribution in [-0.4, -0.2) is 16.9 Å². The quantitative estimate of drug-likeness (QED) is 0.639. The molecule has 0 spiro atoms. The summed E-state index contributed by atoms with van der Waals surface area (Å²) in [6.07, 6.45) is 3.16. The first-order chi connectivity index (χ1) is 8.72. The highest BCUT2D eigenvalue weighted by molar-refractivity contribution is 6.29. The first-order valence-corrected chi connectivity index (χ1v) is 5.89. The predicted molar refractivity (Wildman–Crippen MR) is 67.3 cm³/mol. The summed E-state index contributed by atoms with van der Waals surface area (Å²) in [5.41, 5.74) is 4.27. The Labute approximate surface area is 110 Å². The SMILES string of the molecule is CCn1ncc(OC)c1C(NN)c1ccoc1Cl. The lowest BCUT2D eigenvalue weighted by Crippen LogP contribution is -2.31. The minimum Gasteiger partial charge on any atom is -0.493 e. The third kappa shape index (κ3) is 2.10. The third-order valence-electron chi connectivity index (χ3n) is 2.76. The Bertz CT molecular complexity index is 501. The monoisotopic (exact) mass is 270 g/mol. The van der Waals surface area contributed by atoms with Gasteiger partial charge in [-0.05, 0) is 24.6 Å². The van der Waals surface area contributed by atoms with E-state index >= 15 is 0 Å². The summed E-state index contributed by atoms with van der Waals surface area (Å²) < 4.78 is 12.2. The molecule has 0 saturated heterocycles. The van der Waals surface area contributed by atoms with Gasteiger partial charge in [-0.15, -0.1) is 0 Å². The molecule has 0 fully saturated rings. The number of nitrogens with two attached hydrogens (primary N) is 1. The molecule has 2 aromatic heterocycles. The van der Waals surface area contributed by atoms with E-state index in [9.17, 15) is 0 Å². The zero-order valence-electron chi connectivity index (χ0n) is 10.2. The van der Waals surface area contributed by atoms with E-state index in [0.29, 0.717) is 17.5 Å². The van der Waals surface area contributed by atoms with E-state index in [4.69, 9.17) is 26.6 Å². The highest BCUT2D eigenvalue weighted by Gasteiger charge is 2.25. The van der Waals surface area contributed by atoms with Crippen molar-refractivity contribution in [3.8, 4) is 5.75 Å². The van der Waals surface area contributed by atoms with Gasteiger partial charge in [-0.2, -0.15) is 5.10 Å². The van der Waals surface area contributed by atoms with Gasteiger partial charge < -0.3 is 9.15 Å². The molecule has 0 aromatic carbocycles. The Morgan fingerprint density at radius 1 is 1.67 bits per heavy atom. The van der Waals surface area contributed by atoms with Gasteiger partial charge in [-0.3, -0.25) is 10.5 Å². The molecule has 1 atom stereocenters. The van der Waals surface area contributed by atoms with Crippen LogP contribution in [0.1, 0.15) is 24.2 Å². The van der Waals surface area contributed by atoms with Gasteiger partial charge in [-0.1, -0.05) is 0 Å². The molecule has 2 aromatic rings. The second-order valence-electron chi connectivity index (χ2n) is 3.66. The lowest BCUT2D eigenvalue weighted by atomic mass is 10.1. The van der Waals surface area contributed by atoms with Crippen LogP contribution in [0.3, 0.4) is 0 Å². The van der Waals surface area contributed by atoms with Crippen LogP contribution in [-0.2, 0) is 6.54 Å². The van der Waals surface area contributed by atoms with Crippen LogP contribution >= 0.6 is 11.6 Å². The normalized spacial score (nSPS) is 12.7. The average Bonchev–Trinajstić information content (AvgIpc) is 2.98. The van der Waals surface area contributed by atoms with E-state index in [1.807, 2.05) is 6.92 Å². The van der Waals surface area contributed by atoms with E-state index in [1.54, 1.807) is 24.1 Å². The van der Waals surface area contributed by atoms with Crippen LogP contribution in [0.25, 0.3) is 0 Å². The number of nitrogens with zero attached hydrogens (tertiary/aromatic N) is 2. The van der Waals surface area contributed by atoms with Gasteiger partial charge in [0.1, 0.15) is 5.69 Å². The van der Waals surface area contributed by atoms with E-state index in [-0.39, 0.29) is 6.04 Å². The standard InChI is InChI=1S/C11H15ClN4O2/c1-3-16-10(8(17-2)6-14-16)9(15-13)7-4-5-18-11(7)12/h4-6,9,15H,3,13H2,1-2H3. The molecule has 0 amide bonds. The fourth-order valence-electron chi connectivity index (χ4n) is 1.90. The molecular formula is C11H15ClN4O2. The predicted octanol–water partition coefficient (Wildman–Crippen LogP) is 1.71. The van der Waals surface area contributed by atoms with Gasteiger partial charge in [0.25, 0.3) is 0 Å². The van der Waals surface area contributed by atoms with Crippen LogP contribution in [0.5, 0.6) is 5.75 Å². The summed E-state index contributed by atoms with van der Waals surface area (Å²) >= 11 is 5.99. The fraction of sp³-hybridized carbons (Fsp3) is 0.364. The maximum absolute atomic E-state index is 5.99. The van der Waals surface area contributed by atoms with Crippen molar-refractivity contribution in [2.45, 2.75) is 19.5 Å². The first kappa shape index (κ1) is 12.9. The van der Waals surface area contributed by atoms with Gasteiger partial charge in [0.15, 0.2) is 11.0 Å². The maximum Gasteiger partial charge on any atom is 0.198 e. The topological polar surface area (TPSA) is 78.2 Å². The van der Waals surface area contributed by atoms with Crippen LogP contribution in [0.4, 0.5) is 0 Å². The molecule has 0 radical (unpaired) electrons. The highest BCUT2D eigenvalue weighted by Crippen LogP contribution is 2.33. The van der Waals surface area contributed by atoms with Gasteiger partial charge in [-0.25, -0.2) is 5.43 Å². The molecule has 6 nitrogen and oxygen atoms in total. The molecule has 7 heteroatoms. The number of hydrazine groups is 1. The Hall–Kier alpha value is -1.50. The van der Waals surface area contributed by atoms with Crippen molar-refractivity contribution in [2.24, 2.45) is 5.84 Å². The average molecular weight is 271 g/mol. The van der Waals surface area contributed by atoms with Gasteiger partial charge in [0, 0.05) is 12.1 Å². The van der Waals surface area contributed by atoms with Crippen LogP contribution in [0.2, 0.25) is 5.22 Å². The van der Waals surface area contributed by atoms with Crippen molar-refractivity contribution >= 4 is 11.6 Å². The summed E-state index contributed by atoms with van der Waals surface area (Å²) in [6, 6.07) is 1.42. The Kier molecular flexibility index (Phi) is 3.90. The van der Waals surface area contributed by atoms with Crippen LogP contribution < -0.4 is 16.0 Å². The van der Waals surface area contributed by atoms with E-state index in [2.05, 4.69) is 10.5 Å². The second kappa shape index (κ2) is 5.43. The smallest absolute Gasteiger partial charge is 0.198 e. The summed E-state index contributed by atoms with van der Waals surface area (Å²) in [5.74, 6) is 6.27. The molecule has 0 aliphatic heterocycles. The van der Waals surface area contributed by atoms with Crippen molar-refractivity contribution in [2.75, 3.05) is 7.11 Å². The maximum atomic E-state index is 5.99. The van der Waals surface area contributed by atoms with E-state index < -0.39 is 0 Å². The van der Waals surface area contributed by atoms with Crippen molar-refractivity contribution in [3.63, 3.8) is 0 Å². The van der Waals surface area contributed by atoms with Crippen LogP contribution in [0, 0.1) is 0 Å². The summed E-state index contributed by atoms with van der Waals surface area (Å²) in [4.78, 5) is 0. The zero-order chi connectivity index (χ0) is 13.1. The number of furan rings is 1. The Morgan fingerprint density at radius 2 is 2.44 bits per heavy atom. The molecule has 2 rings (SSSR count). The number of halogens is 1. The molecule has 18 heavy (non-hydrogen) atoms. The lowest BCUT2D eigenvalue weighted by molar-refractivity contribution is 0.399. The molecule has 0 bridgehead atoms. The zero-order valence-corrected chi connectivity index (χ0v) is 10.9. The number of methoxy groups -OCH3 is 1. The minimum atomic E-state index is -0.339. The Morgan fingerprint density at radius 3 is 2.94 bits per heavy atom. The van der Waals surface area contributed by atoms with Gasteiger partial charge in [0.05, 0.1) is 25.6 Å². The second-order valence-corrected chi connectivity index (χ2v) is 4.01. The molecule has 0 saturated carbocycles. The van der Waals surface area contributed by atoms with E-state index in [1.165, 1.54) is 6.26 Å². The largest absolute Gasteiger partial charge is 0.493 e. The fourth-order valence-corrected chi connectivity index (χ4v) is 2.13. The number of rotatable bonds is 5. The number of aryl methyl sites for hydroxylation is 1. The van der Waals surface area contributed by atoms with E-state index in [0.717, 1.165) is 11.3 Å². The van der Waals surface area contributed by atoms with Crippen molar-refractivity contribution in [1.29, 1.82) is 0 Å². The molecule has 1 unspecified atom stereocenters. The number of hydrogen-bond acceptors (Lipinski definition) is 5. The third-order valence-corrected chi connectivity index (χ3v) is 3.07. The summed E-state index contributed by atoms with van der Waals surface area (Å²) in [5, 5.41) is 4.53. The molecule has 0 aliphatic carbocycles. The van der Waals surface area contributed by atoms with Crippen molar-refractivity contribution in [3.05, 3.63) is 35.0 Å².